The maximum Gasteiger partial charge on any atom is 0.474 e. The number of nitrogens with zero attached hydrogens (tertiary/aromatic N) is 1. The Hall–Kier alpha value is -1.21. The van der Waals surface area contributed by atoms with E-state index in [1.807, 2.05) is 0 Å². The number of thioether (sulfide) groups is 2. The van der Waals surface area contributed by atoms with Crippen molar-refractivity contribution in [3.05, 3.63) is 33.1 Å². The van der Waals surface area contributed by atoms with Crippen molar-refractivity contribution in [1.29, 1.82) is 0 Å². The molecule has 14 heteroatoms. The van der Waals surface area contributed by atoms with Gasteiger partial charge in [-0.25, -0.2) is 9.36 Å². The number of hydrogen-bond donors (Lipinski definition) is 1. The Bertz CT molecular complexity index is 893. The van der Waals surface area contributed by atoms with Crippen LogP contribution in [0.2, 0.25) is 0 Å². The van der Waals surface area contributed by atoms with Crippen LogP contribution in [0, 0.1) is 0 Å². The topological polar surface area (TPSA) is 143 Å². The average molecular weight is 497 g/mol. The van der Waals surface area contributed by atoms with E-state index < -0.39 is 31.4 Å². The molecule has 2 atom stereocenters. The van der Waals surface area contributed by atoms with Crippen LogP contribution < -0.4 is 11.2 Å². The number of aromatic nitrogens is 2. The van der Waals surface area contributed by atoms with Gasteiger partial charge in [-0.2, -0.15) is 0 Å². The molecule has 2 rings (SSSR count). The van der Waals surface area contributed by atoms with Gasteiger partial charge in [0.2, 0.25) is 0 Å². The van der Waals surface area contributed by atoms with E-state index in [2.05, 4.69) is 4.98 Å². The number of aromatic amines is 1. The molecule has 0 spiro atoms. The summed E-state index contributed by atoms with van der Waals surface area (Å²) in [6, 6.07) is 1.22. The monoisotopic (exact) mass is 496 g/mol. The third kappa shape index (κ3) is 9.44. The standard InChI is InChI=1S/C17H25N2O9PS2/c1-12(20)30-9-7-25-29(24,26-8-10-31-13(2)21)27-11-14-3-4-16(28-14)19-6-5-15(22)18-17(19)23/h5-6,14,16H,3-4,7-11H2,1-2H3,(H,18,22,23)/t14-,16+/m0/s1. The third-order valence-corrected chi connectivity index (χ3v) is 6.96. The lowest BCUT2D eigenvalue weighted by atomic mass is 10.2. The van der Waals surface area contributed by atoms with Crippen LogP contribution >= 0.6 is 31.3 Å². The highest BCUT2D eigenvalue weighted by molar-refractivity contribution is 8.13. The van der Waals surface area contributed by atoms with Crippen LogP contribution in [0.3, 0.4) is 0 Å². The summed E-state index contributed by atoms with van der Waals surface area (Å²) in [5.74, 6) is 0.566. The molecule has 11 nitrogen and oxygen atoms in total. The number of hydrogen-bond acceptors (Lipinski definition) is 11. The van der Waals surface area contributed by atoms with E-state index in [9.17, 15) is 23.7 Å². The zero-order valence-electron chi connectivity index (χ0n) is 17.1. The lowest BCUT2D eigenvalue weighted by Crippen LogP contribution is -2.31. The molecule has 0 radical (unpaired) electrons. The summed E-state index contributed by atoms with van der Waals surface area (Å²) in [5.41, 5.74) is -1.08. The number of rotatable bonds is 12. The first-order valence-corrected chi connectivity index (χ1v) is 12.9. The Morgan fingerprint density at radius 1 is 1.13 bits per heavy atom. The molecule has 1 aliphatic rings. The van der Waals surface area contributed by atoms with Gasteiger partial charge in [0.1, 0.15) is 6.23 Å². The molecule has 0 aromatic carbocycles. The minimum Gasteiger partial charge on any atom is -0.352 e. The quantitative estimate of drug-likeness (QED) is 0.335. The van der Waals surface area contributed by atoms with Crippen LogP contribution in [-0.4, -0.2) is 57.2 Å². The van der Waals surface area contributed by atoms with Crippen molar-refractivity contribution in [3.8, 4) is 0 Å². The minimum absolute atomic E-state index is 0.0255. The van der Waals surface area contributed by atoms with Gasteiger partial charge in [-0.05, 0) is 12.8 Å². The van der Waals surface area contributed by atoms with Crippen molar-refractivity contribution in [2.24, 2.45) is 0 Å². The largest absolute Gasteiger partial charge is 0.474 e. The van der Waals surface area contributed by atoms with Gasteiger partial charge in [-0.3, -0.25) is 37.5 Å². The van der Waals surface area contributed by atoms with Gasteiger partial charge in [-0.1, -0.05) is 23.5 Å². The fraction of sp³-hybridized carbons (Fsp3) is 0.647. The molecule has 31 heavy (non-hydrogen) atoms. The number of nitrogens with one attached hydrogen (secondary N) is 1. The molecular weight excluding hydrogens is 471 g/mol. The number of phosphoric acid groups is 1. The summed E-state index contributed by atoms with van der Waals surface area (Å²) >= 11 is 2.04. The molecule has 0 saturated carbocycles. The predicted octanol–water partition coefficient (Wildman–Crippen LogP) is 1.93. The van der Waals surface area contributed by atoms with E-state index >= 15 is 0 Å². The van der Waals surface area contributed by atoms with Gasteiger partial charge in [0.25, 0.3) is 5.56 Å². The zero-order chi connectivity index (χ0) is 22.9. The van der Waals surface area contributed by atoms with Crippen molar-refractivity contribution in [2.75, 3.05) is 31.3 Å². The highest BCUT2D eigenvalue weighted by Crippen LogP contribution is 2.50. The molecule has 174 valence electrons. The number of H-pyrrole nitrogens is 1. The predicted molar refractivity (Wildman–Crippen MR) is 116 cm³/mol. The second kappa shape index (κ2) is 12.7. The van der Waals surface area contributed by atoms with Crippen molar-refractivity contribution >= 4 is 41.6 Å². The Labute approximate surface area is 187 Å². The van der Waals surface area contributed by atoms with Crippen LogP contribution in [-0.2, 0) is 32.5 Å². The smallest absolute Gasteiger partial charge is 0.352 e. The molecule has 1 aromatic rings. The van der Waals surface area contributed by atoms with Crippen molar-refractivity contribution in [1.82, 2.24) is 9.55 Å². The first kappa shape index (κ1) is 26.0. The highest BCUT2D eigenvalue weighted by atomic mass is 32.2. The molecule has 1 aromatic heterocycles. The van der Waals surface area contributed by atoms with Gasteiger partial charge >= 0.3 is 13.5 Å². The Kier molecular flexibility index (Phi) is 10.7. The number of phosphoric ester groups is 1. The fourth-order valence-electron chi connectivity index (χ4n) is 2.62. The molecule has 0 bridgehead atoms. The zero-order valence-corrected chi connectivity index (χ0v) is 19.7. The molecule has 0 unspecified atom stereocenters. The maximum atomic E-state index is 12.9. The second-order valence-corrected chi connectivity index (χ2v) is 10.6. The van der Waals surface area contributed by atoms with E-state index in [0.29, 0.717) is 12.8 Å². The van der Waals surface area contributed by atoms with Crippen molar-refractivity contribution in [3.63, 3.8) is 0 Å². The van der Waals surface area contributed by atoms with Gasteiger partial charge in [0, 0.05) is 37.6 Å². The number of carbonyl (C=O) groups excluding carboxylic acids is 2. The maximum absolute atomic E-state index is 12.9. The lowest BCUT2D eigenvalue weighted by Gasteiger charge is -2.20. The van der Waals surface area contributed by atoms with Gasteiger partial charge in [0.15, 0.2) is 10.2 Å². The molecule has 0 amide bonds. The normalized spacial score (nSPS) is 18.9. The SMILES string of the molecule is CC(=O)SCCOP(=O)(OCCSC(C)=O)OC[C@@H]1CC[C@H](n2ccc(=O)[nH]c2=O)O1. The van der Waals surface area contributed by atoms with Gasteiger partial charge in [0.05, 0.1) is 25.9 Å². The van der Waals surface area contributed by atoms with Crippen LogP contribution in [0.5, 0.6) is 0 Å². The summed E-state index contributed by atoms with van der Waals surface area (Å²) in [4.78, 5) is 47.3. The summed E-state index contributed by atoms with van der Waals surface area (Å²) in [7, 11) is -3.94. The van der Waals surface area contributed by atoms with E-state index in [1.54, 1.807) is 0 Å². The van der Waals surface area contributed by atoms with Crippen molar-refractivity contribution in [2.45, 2.75) is 39.0 Å². The van der Waals surface area contributed by atoms with E-state index in [4.69, 9.17) is 18.3 Å². The number of ether oxygens (including phenoxy) is 1. The average Bonchev–Trinajstić information content (AvgIpc) is 3.16. The lowest BCUT2D eigenvalue weighted by molar-refractivity contribution is -0.109. The first-order chi connectivity index (χ1) is 14.7. The van der Waals surface area contributed by atoms with Crippen LogP contribution in [0.4, 0.5) is 0 Å². The molecule has 0 aliphatic carbocycles. The Morgan fingerprint density at radius 3 is 2.29 bits per heavy atom. The summed E-state index contributed by atoms with van der Waals surface area (Å²) in [6.07, 6.45) is 1.32. The highest BCUT2D eigenvalue weighted by Gasteiger charge is 2.32. The van der Waals surface area contributed by atoms with Crippen LogP contribution in [0.15, 0.2) is 21.9 Å². The molecule has 1 aliphatic heterocycles. The van der Waals surface area contributed by atoms with Gasteiger partial charge in [-0.15, -0.1) is 0 Å². The Morgan fingerprint density at radius 2 is 1.74 bits per heavy atom. The first-order valence-electron chi connectivity index (χ1n) is 9.46. The molecule has 1 saturated heterocycles. The second-order valence-electron chi connectivity index (χ2n) is 6.40. The summed E-state index contributed by atoms with van der Waals surface area (Å²) < 4.78 is 35.9. The van der Waals surface area contributed by atoms with Crippen LogP contribution in [0.25, 0.3) is 0 Å². The van der Waals surface area contributed by atoms with E-state index in [-0.39, 0.29) is 41.6 Å². The minimum atomic E-state index is -3.94. The summed E-state index contributed by atoms with van der Waals surface area (Å²) in [5, 5.41) is -0.193. The van der Waals surface area contributed by atoms with E-state index in [0.717, 1.165) is 23.5 Å². The van der Waals surface area contributed by atoms with Crippen molar-refractivity contribution < 1.29 is 32.5 Å². The molecule has 1 N–H and O–H groups in total. The third-order valence-electron chi connectivity index (χ3n) is 3.94. The van der Waals surface area contributed by atoms with Gasteiger partial charge < -0.3 is 4.74 Å². The summed E-state index contributed by atoms with van der Waals surface area (Å²) in [6.45, 7) is 2.67. The molecule has 1 fully saturated rings. The molecule has 2 heterocycles. The fourth-order valence-corrected chi connectivity index (χ4v) is 4.98. The van der Waals surface area contributed by atoms with Crippen LogP contribution in [0.1, 0.15) is 32.9 Å². The Balaban J connectivity index is 1.89. The molecular formula is C17H25N2O9PS2. The van der Waals surface area contributed by atoms with E-state index in [1.165, 1.54) is 30.7 Å². The number of carbonyl (C=O) groups is 2.